The van der Waals surface area contributed by atoms with Crippen LogP contribution in [0.1, 0.15) is 56.8 Å². The second-order valence-electron chi connectivity index (χ2n) is 9.32. The van der Waals surface area contributed by atoms with E-state index in [0.29, 0.717) is 6.04 Å². The van der Waals surface area contributed by atoms with E-state index < -0.39 is 0 Å². The SMILES string of the molecule is CC1(OC2=CC[C@H]3NN[C@@H](c4cc(N5CCC(n6cccn6)CC5)ncn4)C3=C2)CC1. The minimum atomic E-state index is 0.0349. The van der Waals surface area contributed by atoms with Gasteiger partial charge in [0, 0.05) is 37.6 Å². The van der Waals surface area contributed by atoms with Gasteiger partial charge in [-0.25, -0.2) is 20.8 Å². The van der Waals surface area contributed by atoms with Crippen molar-refractivity contribution in [2.75, 3.05) is 18.0 Å². The molecule has 0 spiro atoms. The average molecular weight is 420 g/mol. The van der Waals surface area contributed by atoms with Gasteiger partial charge in [0.05, 0.1) is 17.8 Å². The largest absolute Gasteiger partial charge is 0.488 e. The Morgan fingerprint density at radius 3 is 2.81 bits per heavy atom. The molecule has 31 heavy (non-hydrogen) atoms. The monoisotopic (exact) mass is 419 g/mol. The molecular formula is C23H29N7O. The number of piperidine rings is 1. The average Bonchev–Trinajstić information content (AvgIpc) is 3.21. The van der Waals surface area contributed by atoms with Crippen molar-refractivity contribution in [2.24, 2.45) is 0 Å². The molecule has 0 amide bonds. The van der Waals surface area contributed by atoms with E-state index in [1.54, 1.807) is 6.33 Å². The number of nitrogens with zero attached hydrogens (tertiary/aromatic N) is 5. The van der Waals surface area contributed by atoms with Crippen molar-refractivity contribution < 1.29 is 4.74 Å². The topological polar surface area (TPSA) is 80.1 Å². The fraction of sp³-hybridized carbons (Fsp3) is 0.522. The lowest BCUT2D eigenvalue weighted by atomic mass is 9.93. The van der Waals surface area contributed by atoms with Gasteiger partial charge in [-0.15, -0.1) is 0 Å². The van der Waals surface area contributed by atoms with Crippen molar-refractivity contribution in [3.05, 3.63) is 60.0 Å². The molecule has 3 fully saturated rings. The van der Waals surface area contributed by atoms with E-state index in [-0.39, 0.29) is 17.7 Å². The number of fused-ring (bicyclic) bond motifs is 1. The Labute approximate surface area is 182 Å². The number of nitrogens with one attached hydrogen (secondary N) is 2. The Morgan fingerprint density at radius 2 is 2.03 bits per heavy atom. The molecule has 1 saturated carbocycles. The molecule has 0 unspecified atom stereocenters. The van der Waals surface area contributed by atoms with E-state index >= 15 is 0 Å². The van der Waals surface area contributed by atoms with Crippen LogP contribution < -0.4 is 15.8 Å². The summed E-state index contributed by atoms with van der Waals surface area (Å²) >= 11 is 0. The third-order valence-corrected chi connectivity index (χ3v) is 6.98. The highest BCUT2D eigenvalue weighted by Gasteiger charge is 2.41. The highest BCUT2D eigenvalue weighted by Crippen LogP contribution is 2.42. The predicted octanol–water partition coefficient (Wildman–Crippen LogP) is 2.82. The van der Waals surface area contributed by atoms with Crippen molar-refractivity contribution in [2.45, 2.75) is 62.8 Å². The maximum atomic E-state index is 6.22. The van der Waals surface area contributed by atoms with Crippen LogP contribution in [0.4, 0.5) is 5.82 Å². The molecule has 8 nitrogen and oxygen atoms in total. The summed E-state index contributed by atoms with van der Waals surface area (Å²) < 4.78 is 8.31. The Morgan fingerprint density at radius 1 is 1.16 bits per heavy atom. The summed E-state index contributed by atoms with van der Waals surface area (Å²) in [4.78, 5) is 11.6. The molecule has 2 atom stereocenters. The number of ether oxygens (including phenoxy) is 1. The van der Waals surface area contributed by atoms with Crippen molar-refractivity contribution in [3.8, 4) is 0 Å². The molecule has 4 heterocycles. The minimum absolute atomic E-state index is 0.0349. The molecular weight excluding hydrogens is 390 g/mol. The van der Waals surface area contributed by atoms with Crippen LogP contribution in [0.3, 0.4) is 0 Å². The molecule has 8 heteroatoms. The van der Waals surface area contributed by atoms with E-state index in [1.807, 2.05) is 12.3 Å². The van der Waals surface area contributed by atoms with Crippen molar-refractivity contribution >= 4 is 5.82 Å². The minimum Gasteiger partial charge on any atom is -0.488 e. The number of hydrogen-bond acceptors (Lipinski definition) is 7. The van der Waals surface area contributed by atoms with Crippen molar-refractivity contribution in [1.82, 2.24) is 30.6 Å². The lowest BCUT2D eigenvalue weighted by molar-refractivity contribution is 0.118. The lowest BCUT2D eigenvalue weighted by Crippen LogP contribution is -2.35. The molecule has 6 rings (SSSR count). The zero-order valence-corrected chi connectivity index (χ0v) is 17.9. The molecule has 2 N–H and O–H groups in total. The Hall–Kier alpha value is -2.71. The van der Waals surface area contributed by atoms with Crippen molar-refractivity contribution in [3.63, 3.8) is 0 Å². The van der Waals surface area contributed by atoms with Crippen LogP contribution in [-0.4, -0.2) is 44.5 Å². The van der Waals surface area contributed by atoms with Gasteiger partial charge >= 0.3 is 0 Å². The number of anilines is 1. The first-order valence-electron chi connectivity index (χ1n) is 11.3. The van der Waals surface area contributed by atoms with E-state index in [9.17, 15) is 0 Å². The molecule has 162 valence electrons. The number of allylic oxidation sites excluding steroid dienone is 1. The first-order valence-corrected chi connectivity index (χ1v) is 11.3. The van der Waals surface area contributed by atoms with Crippen LogP contribution in [0, 0.1) is 0 Å². The molecule has 2 aromatic rings. The summed E-state index contributed by atoms with van der Waals surface area (Å²) in [5, 5.41) is 4.41. The first-order chi connectivity index (χ1) is 15.2. The summed E-state index contributed by atoms with van der Waals surface area (Å²) in [6.45, 7) is 4.14. The van der Waals surface area contributed by atoms with Crippen LogP contribution in [-0.2, 0) is 4.74 Å². The number of aromatic nitrogens is 4. The third-order valence-electron chi connectivity index (χ3n) is 6.98. The molecule has 0 radical (unpaired) electrons. The van der Waals surface area contributed by atoms with Gasteiger partial charge in [0.1, 0.15) is 23.5 Å². The van der Waals surface area contributed by atoms with E-state index in [2.05, 4.69) is 66.8 Å². The molecule has 2 saturated heterocycles. The number of rotatable bonds is 5. The van der Waals surface area contributed by atoms with Crippen molar-refractivity contribution in [1.29, 1.82) is 0 Å². The summed E-state index contributed by atoms with van der Waals surface area (Å²) in [7, 11) is 0. The highest BCUT2D eigenvalue weighted by atomic mass is 16.5. The molecule has 2 aromatic heterocycles. The Balaban J connectivity index is 1.17. The quantitative estimate of drug-likeness (QED) is 0.771. The second kappa shape index (κ2) is 7.46. The van der Waals surface area contributed by atoms with Crippen LogP contribution in [0.25, 0.3) is 0 Å². The van der Waals surface area contributed by atoms with Crippen LogP contribution in [0.2, 0.25) is 0 Å². The maximum Gasteiger partial charge on any atom is 0.132 e. The number of hydrogen-bond donors (Lipinski definition) is 2. The zero-order chi connectivity index (χ0) is 20.8. The molecule has 0 bridgehead atoms. The van der Waals surface area contributed by atoms with Crippen LogP contribution in [0.5, 0.6) is 0 Å². The highest BCUT2D eigenvalue weighted by molar-refractivity contribution is 5.44. The normalized spacial score (nSPS) is 27.5. The lowest BCUT2D eigenvalue weighted by Gasteiger charge is -2.33. The van der Waals surface area contributed by atoms with Gasteiger partial charge in [-0.1, -0.05) is 0 Å². The second-order valence-corrected chi connectivity index (χ2v) is 9.32. The molecule has 2 aliphatic heterocycles. The molecule has 2 aliphatic carbocycles. The van der Waals surface area contributed by atoms with Gasteiger partial charge in [-0.05, 0) is 62.8 Å². The van der Waals surface area contributed by atoms with Gasteiger partial charge < -0.3 is 9.64 Å². The number of hydrazine groups is 1. The fourth-order valence-corrected chi connectivity index (χ4v) is 4.81. The van der Waals surface area contributed by atoms with E-state index in [4.69, 9.17) is 4.74 Å². The molecule has 4 aliphatic rings. The summed E-state index contributed by atoms with van der Waals surface area (Å²) in [5.74, 6) is 2.00. The van der Waals surface area contributed by atoms with Gasteiger partial charge in [-0.2, -0.15) is 5.10 Å². The van der Waals surface area contributed by atoms with Crippen LogP contribution >= 0.6 is 0 Å². The standard InChI is InChI=1S/C23H29N7O/c1-23(7-8-23)31-17-3-4-19-18(13-17)22(28-27-19)20-14-21(25-15-24-20)29-11-5-16(6-12-29)30-10-2-9-26-30/h2-3,9-10,13-16,19,22,27-28H,4-8,11-12H2,1H3/t19-,22-/m1/s1. The Kier molecular flexibility index (Phi) is 4.57. The summed E-state index contributed by atoms with van der Waals surface area (Å²) in [6, 6.07) is 4.92. The predicted molar refractivity (Wildman–Crippen MR) is 117 cm³/mol. The maximum absolute atomic E-state index is 6.22. The summed E-state index contributed by atoms with van der Waals surface area (Å²) in [5.41, 5.74) is 9.20. The van der Waals surface area contributed by atoms with Crippen LogP contribution in [0.15, 0.2) is 54.3 Å². The van der Waals surface area contributed by atoms with Gasteiger partial charge in [0.15, 0.2) is 0 Å². The smallest absolute Gasteiger partial charge is 0.132 e. The fourth-order valence-electron chi connectivity index (χ4n) is 4.81. The van der Waals surface area contributed by atoms with Gasteiger partial charge in [0.25, 0.3) is 0 Å². The van der Waals surface area contributed by atoms with Gasteiger partial charge in [0.2, 0.25) is 0 Å². The summed E-state index contributed by atoms with van der Waals surface area (Å²) in [6.07, 6.45) is 15.4. The van der Waals surface area contributed by atoms with E-state index in [0.717, 1.165) is 62.5 Å². The van der Waals surface area contributed by atoms with Gasteiger partial charge in [-0.3, -0.25) is 4.68 Å². The molecule has 0 aromatic carbocycles. The zero-order valence-electron chi connectivity index (χ0n) is 17.9. The Bertz CT molecular complexity index is 1000. The van der Waals surface area contributed by atoms with E-state index in [1.165, 1.54) is 5.57 Å². The third kappa shape index (κ3) is 3.74. The first kappa shape index (κ1) is 19.0.